The number of ether oxygens (including phenoxy) is 1. The molecule has 0 aliphatic rings. The molecule has 0 fully saturated rings. The largest absolute Gasteiger partial charge is 0.484 e. The number of hydrogen-bond donors (Lipinski definition) is 1. The molecule has 0 bridgehead atoms. The number of nitrogens with zero attached hydrogens (tertiary/aromatic N) is 2. The smallest absolute Gasteiger partial charge is 0.258 e. The predicted octanol–water partition coefficient (Wildman–Crippen LogP) is 3.39. The molecule has 2 amide bonds. The average Bonchev–Trinajstić information content (AvgIpc) is 2.72. The summed E-state index contributed by atoms with van der Waals surface area (Å²) in [4.78, 5) is 28.0. The summed E-state index contributed by atoms with van der Waals surface area (Å²) in [7, 11) is 0. The molecule has 6 nitrogen and oxygen atoms in total. The van der Waals surface area contributed by atoms with E-state index < -0.39 is 0 Å². The number of aryl methyl sites for hydroxylation is 1. The molecule has 0 heterocycles. The van der Waals surface area contributed by atoms with Gasteiger partial charge < -0.3 is 19.9 Å². The van der Waals surface area contributed by atoms with E-state index >= 15 is 0 Å². The first-order valence-corrected chi connectivity index (χ1v) is 10.0. The minimum absolute atomic E-state index is 0.0539. The fourth-order valence-corrected chi connectivity index (χ4v) is 3.04. The van der Waals surface area contributed by atoms with Gasteiger partial charge in [0.05, 0.1) is 0 Å². The summed E-state index contributed by atoms with van der Waals surface area (Å²) in [5.74, 6) is 0.376. The number of amides is 2. The van der Waals surface area contributed by atoms with E-state index in [9.17, 15) is 9.59 Å². The maximum atomic E-state index is 12.1. The van der Waals surface area contributed by atoms with Crippen LogP contribution in [-0.4, -0.2) is 44.6 Å². The number of nitrogens with one attached hydrogen (secondary N) is 1. The fourth-order valence-electron chi connectivity index (χ4n) is 3.04. The van der Waals surface area contributed by atoms with Gasteiger partial charge in [-0.2, -0.15) is 0 Å². The highest BCUT2D eigenvalue weighted by Crippen LogP contribution is 2.21. The molecule has 0 aromatic heterocycles. The van der Waals surface area contributed by atoms with Crippen LogP contribution in [0.5, 0.6) is 5.75 Å². The monoisotopic (exact) mass is 397 g/mol. The molecule has 0 saturated heterocycles. The van der Waals surface area contributed by atoms with E-state index in [0.29, 0.717) is 18.8 Å². The molecule has 1 N–H and O–H groups in total. The summed E-state index contributed by atoms with van der Waals surface area (Å²) in [6, 6.07) is 15.5. The van der Waals surface area contributed by atoms with E-state index in [2.05, 4.69) is 24.1 Å². The van der Waals surface area contributed by atoms with E-state index in [4.69, 9.17) is 4.74 Å². The Morgan fingerprint density at radius 1 is 0.931 bits per heavy atom. The van der Waals surface area contributed by atoms with Crippen molar-refractivity contribution in [2.24, 2.45) is 0 Å². The van der Waals surface area contributed by atoms with Crippen molar-refractivity contribution < 1.29 is 14.3 Å². The van der Waals surface area contributed by atoms with E-state index in [0.717, 1.165) is 30.0 Å². The Labute approximate surface area is 173 Å². The van der Waals surface area contributed by atoms with Gasteiger partial charge in [-0.05, 0) is 57.2 Å². The lowest BCUT2D eigenvalue weighted by Crippen LogP contribution is -2.39. The van der Waals surface area contributed by atoms with Crippen LogP contribution in [-0.2, 0) is 9.59 Å². The van der Waals surface area contributed by atoms with Crippen LogP contribution in [0, 0.1) is 6.92 Å². The summed E-state index contributed by atoms with van der Waals surface area (Å²) >= 11 is 0. The van der Waals surface area contributed by atoms with Crippen LogP contribution >= 0.6 is 0 Å². The van der Waals surface area contributed by atoms with Gasteiger partial charge >= 0.3 is 0 Å². The lowest BCUT2D eigenvalue weighted by atomic mass is 10.2. The van der Waals surface area contributed by atoms with Crippen molar-refractivity contribution in [3.8, 4) is 5.75 Å². The topological polar surface area (TPSA) is 61.9 Å². The van der Waals surface area contributed by atoms with Gasteiger partial charge in [0.2, 0.25) is 5.91 Å². The summed E-state index contributed by atoms with van der Waals surface area (Å²) in [5.41, 5.74) is 3.08. The van der Waals surface area contributed by atoms with Gasteiger partial charge in [0.1, 0.15) is 5.75 Å². The first kappa shape index (κ1) is 22.3. The summed E-state index contributed by atoms with van der Waals surface area (Å²) in [6.07, 6.45) is 0. The Bertz CT molecular complexity index is 784. The molecular formula is C23H31N3O3. The number of benzene rings is 2. The third kappa shape index (κ3) is 6.82. The first-order chi connectivity index (χ1) is 13.9. The normalized spacial score (nSPS) is 10.3. The molecule has 2 aromatic rings. The Morgan fingerprint density at radius 3 is 2.07 bits per heavy atom. The molecule has 2 rings (SSSR count). The molecule has 0 radical (unpaired) electrons. The van der Waals surface area contributed by atoms with Gasteiger partial charge in [0.15, 0.2) is 6.61 Å². The Kier molecular flexibility index (Phi) is 8.52. The first-order valence-electron chi connectivity index (χ1n) is 10.0. The molecule has 0 saturated carbocycles. The van der Waals surface area contributed by atoms with Crippen molar-refractivity contribution in [2.45, 2.75) is 27.7 Å². The number of rotatable bonds is 10. The van der Waals surface area contributed by atoms with E-state index in [-0.39, 0.29) is 18.4 Å². The summed E-state index contributed by atoms with van der Waals surface area (Å²) in [5, 5.41) is 2.80. The number of hydrogen-bond acceptors (Lipinski definition) is 4. The van der Waals surface area contributed by atoms with Crippen molar-refractivity contribution in [1.29, 1.82) is 0 Å². The van der Waals surface area contributed by atoms with E-state index in [1.165, 1.54) is 6.92 Å². The van der Waals surface area contributed by atoms with Crippen molar-refractivity contribution in [3.63, 3.8) is 0 Å². The molecule has 6 heteroatoms. The third-order valence-corrected chi connectivity index (χ3v) is 4.72. The molecule has 156 valence electrons. The second kappa shape index (κ2) is 11.1. The molecule has 0 spiro atoms. The van der Waals surface area contributed by atoms with Gasteiger partial charge in [-0.15, -0.1) is 0 Å². The van der Waals surface area contributed by atoms with Crippen molar-refractivity contribution >= 4 is 23.2 Å². The fraction of sp³-hybridized carbons (Fsp3) is 0.391. The summed E-state index contributed by atoms with van der Waals surface area (Å²) in [6.45, 7) is 10.3. The van der Waals surface area contributed by atoms with Crippen molar-refractivity contribution in [2.75, 3.05) is 42.6 Å². The number of carbonyl (C=O) groups is 2. The second-order valence-electron chi connectivity index (χ2n) is 6.81. The van der Waals surface area contributed by atoms with Crippen LogP contribution < -0.4 is 19.9 Å². The quantitative estimate of drug-likeness (QED) is 0.668. The predicted molar refractivity (Wildman–Crippen MR) is 118 cm³/mol. The SMILES string of the molecule is CCN(CC)c1ccc(N(CCNC(=O)COc2ccc(C)cc2)C(C)=O)cc1. The Hall–Kier alpha value is -3.02. The maximum Gasteiger partial charge on any atom is 0.258 e. The van der Waals surface area contributed by atoms with Crippen LogP contribution in [0.1, 0.15) is 26.3 Å². The zero-order chi connectivity index (χ0) is 21.2. The maximum absolute atomic E-state index is 12.1. The molecule has 0 aliphatic heterocycles. The summed E-state index contributed by atoms with van der Waals surface area (Å²) < 4.78 is 5.47. The number of anilines is 2. The van der Waals surface area contributed by atoms with E-state index in [1.807, 2.05) is 55.5 Å². The molecule has 29 heavy (non-hydrogen) atoms. The second-order valence-corrected chi connectivity index (χ2v) is 6.81. The zero-order valence-corrected chi connectivity index (χ0v) is 17.8. The van der Waals surface area contributed by atoms with Gasteiger partial charge in [0, 0.05) is 44.5 Å². The number of carbonyl (C=O) groups excluding carboxylic acids is 2. The van der Waals surface area contributed by atoms with Crippen molar-refractivity contribution in [3.05, 3.63) is 54.1 Å². The average molecular weight is 398 g/mol. The third-order valence-electron chi connectivity index (χ3n) is 4.72. The molecule has 0 aliphatic carbocycles. The van der Waals surface area contributed by atoms with Crippen LogP contribution in [0.2, 0.25) is 0 Å². The van der Waals surface area contributed by atoms with Crippen molar-refractivity contribution in [1.82, 2.24) is 5.32 Å². The highest BCUT2D eigenvalue weighted by molar-refractivity contribution is 5.91. The lowest BCUT2D eigenvalue weighted by molar-refractivity contribution is -0.123. The van der Waals surface area contributed by atoms with Crippen LogP contribution in [0.3, 0.4) is 0 Å². The van der Waals surface area contributed by atoms with Crippen LogP contribution in [0.4, 0.5) is 11.4 Å². The Morgan fingerprint density at radius 2 is 1.52 bits per heavy atom. The zero-order valence-electron chi connectivity index (χ0n) is 17.8. The molecular weight excluding hydrogens is 366 g/mol. The highest BCUT2D eigenvalue weighted by Gasteiger charge is 2.13. The molecule has 0 unspecified atom stereocenters. The molecule has 2 aromatic carbocycles. The van der Waals surface area contributed by atoms with E-state index in [1.54, 1.807) is 4.90 Å². The lowest BCUT2D eigenvalue weighted by Gasteiger charge is -2.24. The van der Waals surface area contributed by atoms with Crippen LogP contribution in [0.25, 0.3) is 0 Å². The minimum Gasteiger partial charge on any atom is -0.484 e. The Balaban J connectivity index is 1.85. The van der Waals surface area contributed by atoms with Gasteiger partial charge in [-0.25, -0.2) is 0 Å². The highest BCUT2D eigenvalue weighted by atomic mass is 16.5. The minimum atomic E-state index is -0.217. The van der Waals surface area contributed by atoms with Gasteiger partial charge in [0.25, 0.3) is 5.91 Å². The van der Waals surface area contributed by atoms with Gasteiger partial charge in [-0.1, -0.05) is 17.7 Å². The standard InChI is InChI=1S/C23H31N3O3/c1-5-25(6-2)20-9-11-21(12-10-20)26(19(4)27)16-15-24-23(28)17-29-22-13-7-18(3)8-14-22/h7-14H,5-6,15-17H2,1-4H3,(H,24,28). The van der Waals surface area contributed by atoms with Gasteiger partial charge in [-0.3, -0.25) is 9.59 Å². The van der Waals surface area contributed by atoms with Crippen LogP contribution in [0.15, 0.2) is 48.5 Å². The molecule has 0 atom stereocenters.